The number of amides is 1. The lowest BCUT2D eigenvalue weighted by molar-refractivity contribution is -0.138. The zero-order chi connectivity index (χ0) is 16.3. The van der Waals surface area contributed by atoms with Crippen molar-refractivity contribution in [1.29, 1.82) is 0 Å². The first-order chi connectivity index (χ1) is 10.3. The van der Waals surface area contributed by atoms with Crippen LogP contribution in [0.5, 0.6) is 0 Å². The lowest BCUT2D eigenvalue weighted by Gasteiger charge is -2.29. The Balaban J connectivity index is 2.01. The molecule has 2 heterocycles. The molecule has 1 saturated heterocycles. The minimum atomic E-state index is -4.54. The third-order valence-corrected chi connectivity index (χ3v) is 3.71. The van der Waals surface area contributed by atoms with Crippen LogP contribution >= 0.6 is 0 Å². The van der Waals surface area contributed by atoms with Crippen molar-refractivity contribution in [2.24, 2.45) is 0 Å². The van der Waals surface area contributed by atoms with E-state index in [-0.39, 0.29) is 6.04 Å². The van der Waals surface area contributed by atoms with Crippen molar-refractivity contribution < 1.29 is 18.0 Å². The van der Waals surface area contributed by atoms with E-state index in [0.29, 0.717) is 12.3 Å². The third kappa shape index (κ3) is 4.33. The maximum absolute atomic E-state index is 12.6. The van der Waals surface area contributed by atoms with E-state index in [1.54, 1.807) is 0 Å². The molecule has 0 aliphatic carbocycles. The van der Waals surface area contributed by atoms with E-state index >= 15 is 0 Å². The van der Waals surface area contributed by atoms with Gasteiger partial charge in [-0.25, -0.2) is 0 Å². The monoisotopic (exact) mass is 317 g/mol. The summed E-state index contributed by atoms with van der Waals surface area (Å²) in [7, 11) is 1.99. The summed E-state index contributed by atoms with van der Waals surface area (Å²) in [5.41, 5.74) is -1.58. The molecule has 0 unspecified atom stereocenters. The Morgan fingerprint density at radius 2 is 1.95 bits per heavy atom. The Bertz CT molecular complexity index is 590. The van der Waals surface area contributed by atoms with Gasteiger partial charge in [0.05, 0.1) is 5.56 Å². The standard InChI is InChI=1S/C14H18F3N3O2/c1-19-6-4-11(5-7-19)18-12(21)9-20-8-10(14(15,16)17)2-3-13(20)22/h2-3,8,11H,4-7,9H2,1H3,(H,18,21). The number of hydrogen-bond donors (Lipinski definition) is 1. The van der Waals surface area contributed by atoms with E-state index in [9.17, 15) is 22.8 Å². The van der Waals surface area contributed by atoms with Crippen molar-refractivity contribution in [3.8, 4) is 0 Å². The van der Waals surface area contributed by atoms with Crippen LogP contribution in [0.2, 0.25) is 0 Å². The van der Waals surface area contributed by atoms with Crippen LogP contribution in [-0.4, -0.2) is 41.6 Å². The molecule has 2 rings (SSSR count). The van der Waals surface area contributed by atoms with E-state index in [2.05, 4.69) is 10.2 Å². The SMILES string of the molecule is CN1CCC(NC(=O)Cn2cc(C(F)(F)F)ccc2=O)CC1. The van der Waals surface area contributed by atoms with Gasteiger partial charge in [-0.3, -0.25) is 9.59 Å². The second-order valence-corrected chi connectivity index (χ2v) is 5.53. The summed E-state index contributed by atoms with van der Waals surface area (Å²) in [5.74, 6) is -0.448. The van der Waals surface area contributed by atoms with Crippen molar-refractivity contribution >= 4 is 5.91 Å². The summed E-state index contributed by atoms with van der Waals surface area (Å²) in [5, 5.41) is 2.77. The molecule has 5 nitrogen and oxygen atoms in total. The van der Waals surface area contributed by atoms with Crippen molar-refractivity contribution in [2.75, 3.05) is 20.1 Å². The quantitative estimate of drug-likeness (QED) is 0.907. The van der Waals surface area contributed by atoms with E-state index in [1.807, 2.05) is 7.05 Å². The Morgan fingerprint density at radius 3 is 2.55 bits per heavy atom. The predicted octanol–water partition coefficient (Wildman–Crippen LogP) is 1.08. The minimum Gasteiger partial charge on any atom is -0.352 e. The number of hydrogen-bond acceptors (Lipinski definition) is 3. The number of carbonyl (C=O) groups excluding carboxylic acids is 1. The largest absolute Gasteiger partial charge is 0.417 e. The second-order valence-electron chi connectivity index (χ2n) is 5.53. The van der Waals surface area contributed by atoms with Gasteiger partial charge < -0.3 is 14.8 Å². The van der Waals surface area contributed by atoms with Crippen LogP contribution in [0.3, 0.4) is 0 Å². The smallest absolute Gasteiger partial charge is 0.352 e. The topological polar surface area (TPSA) is 54.3 Å². The number of halogens is 3. The van der Waals surface area contributed by atoms with Crippen LogP contribution in [0.1, 0.15) is 18.4 Å². The summed E-state index contributed by atoms with van der Waals surface area (Å²) >= 11 is 0. The molecule has 1 aromatic heterocycles. The molecule has 0 aromatic carbocycles. The molecule has 0 spiro atoms. The average Bonchev–Trinajstić information content (AvgIpc) is 2.42. The first-order valence-corrected chi connectivity index (χ1v) is 7.01. The van der Waals surface area contributed by atoms with E-state index < -0.39 is 29.8 Å². The molecule has 0 bridgehead atoms. The fraction of sp³-hybridized carbons (Fsp3) is 0.571. The molecule has 0 atom stereocenters. The van der Waals surface area contributed by atoms with Crippen molar-refractivity contribution in [1.82, 2.24) is 14.8 Å². The molecular weight excluding hydrogens is 299 g/mol. The number of carbonyl (C=O) groups is 1. The number of alkyl halides is 3. The highest BCUT2D eigenvalue weighted by Gasteiger charge is 2.31. The molecular formula is C14H18F3N3O2. The van der Waals surface area contributed by atoms with Gasteiger partial charge in [0, 0.05) is 18.3 Å². The molecule has 1 amide bonds. The molecule has 1 fully saturated rings. The van der Waals surface area contributed by atoms with Crippen molar-refractivity contribution in [2.45, 2.75) is 31.6 Å². The van der Waals surface area contributed by atoms with Gasteiger partial charge in [0.15, 0.2) is 0 Å². The Labute approximate surface area is 125 Å². The van der Waals surface area contributed by atoms with Gasteiger partial charge in [-0.05, 0) is 39.0 Å². The third-order valence-electron chi connectivity index (χ3n) is 3.71. The van der Waals surface area contributed by atoms with Crippen LogP contribution < -0.4 is 10.9 Å². The number of likely N-dealkylation sites (tertiary alicyclic amines) is 1. The molecule has 1 aliphatic heterocycles. The van der Waals surface area contributed by atoms with Gasteiger partial charge >= 0.3 is 6.18 Å². The number of pyridine rings is 1. The van der Waals surface area contributed by atoms with Crippen LogP contribution in [-0.2, 0) is 17.5 Å². The van der Waals surface area contributed by atoms with Crippen LogP contribution in [0.25, 0.3) is 0 Å². The summed E-state index contributed by atoms with van der Waals surface area (Å²) in [6, 6.07) is 1.55. The molecule has 1 aliphatic rings. The maximum Gasteiger partial charge on any atom is 0.417 e. The van der Waals surface area contributed by atoms with Crippen LogP contribution in [0, 0.1) is 0 Å². The molecule has 0 radical (unpaired) electrons. The molecule has 1 aromatic rings. The van der Waals surface area contributed by atoms with Gasteiger partial charge in [-0.2, -0.15) is 13.2 Å². The van der Waals surface area contributed by atoms with Gasteiger partial charge in [0.1, 0.15) is 6.54 Å². The number of nitrogens with zero attached hydrogens (tertiary/aromatic N) is 2. The average molecular weight is 317 g/mol. The Hall–Kier alpha value is -1.83. The first kappa shape index (κ1) is 16.5. The van der Waals surface area contributed by atoms with E-state index in [1.165, 1.54) is 0 Å². The fourth-order valence-corrected chi connectivity index (χ4v) is 2.40. The van der Waals surface area contributed by atoms with Crippen molar-refractivity contribution in [3.63, 3.8) is 0 Å². The number of rotatable bonds is 3. The molecule has 22 heavy (non-hydrogen) atoms. The van der Waals surface area contributed by atoms with Crippen molar-refractivity contribution in [3.05, 3.63) is 34.2 Å². The van der Waals surface area contributed by atoms with Crippen LogP contribution in [0.15, 0.2) is 23.1 Å². The fourth-order valence-electron chi connectivity index (χ4n) is 2.40. The predicted molar refractivity (Wildman–Crippen MR) is 74.4 cm³/mol. The summed E-state index contributed by atoms with van der Waals surface area (Å²) in [6.07, 6.45) is -2.28. The molecule has 8 heteroatoms. The molecule has 0 saturated carbocycles. The number of piperidine rings is 1. The highest BCUT2D eigenvalue weighted by Crippen LogP contribution is 2.27. The first-order valence-electron chi connectivity index (χ1n) is 7.01. The van der Waals surface area contributed by atoms with E-state index in [0.717, 1.165) is 36.6 Å². The lowest BCUT2D eigenvalue weighted by atomic mass is 10.1. The van der Waals surface area contributed by atoms with Gasteiger partial charge in [-0.15, -0.1) is 0 Å². The zero-order valence-corrected chi connectivity index (χ0v) is 12.2. The van der Waals surface area contributed by atoms with Gasteiger partial charge in [0.2, 0.25) is 5.91 Å². The van der Waals surface area contributed by atoms with Gasteiger partial charge in [-0.1, -0.05) is 0 Å². The minimum absolute atomic E-state index is 0.00482. The normalized spacial score (nSPS) is 17.5. The van der Waals surface area contributed by atoms with Crippen LogP contribution in [0.4, 0.5) is 13.2 Å². The maximum atomic E-state index is 12.6. The summed E-state index contributed by atoms with van der Waals surface area (Å²) < 4.78 is 38.7. The Kier molecular flexibility index (Phi) is 4.90. The highest BCUT2D eigenvalue weighted by molar-refractivity contribution is 5.76. The summed E-state index contributed by atoms with van der Waals surface area (Å²) in [4.78, 5) is 25.6. The zero-order valence-electron chi connectivity index (χ0n) is 12.2. The molecule has 1 N–H and O–H groups in total. The Morgan fingerprint density at radius 1 is 1.32 bits per heavy atom. The lowest BCUT2D eigenvalue weighted by Crippen LogP contribution is -2.45. The van der Waals surface area contributed by atoms with E-state index in [4.69, 9.17) is 0 Å². The van der Waals surface area contributed by atoms with Gasteiger partial charge in [0.25, 0.3) is 5.56 Å². The number of nitrogens with one attached hydrogen (secondary N) is 1. The number of aromatic nitrogens is 1. The summed E-state index contributed by atoms with van der Waals surface area (Å²) in [6.45, 7) is 1.30. The highest BCUT2D eigenvalue weighted by atomic mass is 19.4. The molecule has 122 valence electrons. The second kappa shape index (κ2) is 6.51.